The van der Waals surface area contributed by atoms with Crippen LogP contribution in [0.2, 0.25) is 0 Å². The fraction of sp³-hybridized carbons (Fsp3) is 0.476. The number of carbonyl (C=O) groups excluding carboxylic acids is 1. The fourth-order valence-corrected chi connectivity index (χ4v) is 5.17. The fourth-order valence-electron chi connectivity index (χ4n) is 4.10. The summed E-state index contributed by atoms with van der Waals surface area (Å²) < 4.78 is 5.81. The van der Waals surface area contributed by atoms with Crippen molar-refractivity contribution in [2.75, 3.05) is 32.8 Å². The topological polar surface area (TPSA) is 41.6 Å². The molecule has 3 heterocycles. The van der Waals surface area contributed by atoms with Gasteiger partial charge in [0.25, 0.3) is 5.91 Å². The Hall–Kier alpha value is -1.56. The molecule has 2 aromatic rings. The number of nitrogens with zero attached hydrogens (tertiary/aromatic N) is 1. The number of ether oxygens (including phenoxy) is 1. The highest BCUT2D eigenvalue weighted by molar-refractivity contribution is 7.17. The Labute approximate surface area is 171 Å². The van der Waals surface area contributed by atoms with Crippen LogP contribution in [0.15, 0.2) is 36.4 Å². The van der Waals surface area contributed by atoms with Gasteiger partial charge in [-0.25, -0.2) is 0 Å². The van der Waals surface area contributed by atoms with Crippen LogP contribution in [0.25, 0.3) is 10.4 Å². The van der Waals surface area contributed by atoms with E-state index in [1.165, 1.54) is 0 Å². The zero-order chi connectivity index (χ0) is 17.9. The Morgan fingerprint density at radius 1 is 1.19 bits per heavy atom. The van der Waals surface area contributed by atoms with Gasteiger partial charge in [-0.05, 0) is 56.3 Å². The number of benzene rings is 1. The van der Waals surface area contributed by atoms with Gasteiger partial charge in [-0.1, -0.05) is 30.3 Å². The lowest BCUT2D eigenvalue weighted by atomic mass is 9.92. The van der Waals surface area contributed by atoms with E-state index in [-0.39, 0.29) is 18.3 Å². The van der Waals surface area contributed by atoms with Crippen molar-refractivity contribution in [2.24, 2.45) is 11.8 Å². The largest absolute Gasteiger partial charge is 0.492 e. The maximum atomic E-state index is 13.3. The van der Waals surface area contributed by atoms with E-state index in [1.54, 1.807) is 11.3 Å². The minimum atomic E-state index is 0. The third-order valence-electron chi connectivity index (χ3n) is 5.56. The SMILES string of the molecule is CCOc1cc(-c2ccccc2)sc1C(=O)N1CC[C@@H]2CNC[C@@H]2CC1.Cl. The van der Waals surface area contributed by atoms with Gasteiger partial charge in [0.2, 0.25) is 0 Å². The van der Waals surface area contributed by atoms with Crippen LogP contribution in [-0.4, -0.2) is 43.6 Å². The van der Waals surface area contributed by atoms with Gasteiger partial charge in [-0.15, -0.1) is 23.7 Å². The van der Waals surface area contributed by atoms with Crippen molar-refractivity contribution < 1.29 is 9.53 Å². The summed E-state index contributed by atoms with van der Waals surface area (Å²) >= 11 is 1.55. The van der Waals surface area contributed by atoms with Crippen LogP contribution in [0.4, 0.5) is 0 Å². The number of hydrogen-bond acceptors (Lipinski definition) is 4. The lowest BCUT2D eigenvalue weighted by Gasteiger charge is -2.20. The quantitative estimate of drug-likeness (QED) is 0.822. The molecule has 4 nitrogen and oxygen atoms in total. The molecule has 0 aliphatic carbocycles. The van der Waals surface area contributed by atoms with Crippen molar-refractivity contribution >= 4 is 29.7 Å². The third-order valence-corrected chi connectivity index (χ3v) is 6.71. The molecule has 2 atom stereocenters. The predicted molar refractivity (Wildman–Crippen MR) is 113 cm³/mol. The van der Waals surface area contributed by atoms with Gasteiger partial charge in [0.15, 0.2) is 0 Å². The van der Waals surface area contributed by atoms with Gasteiger partial charge in [0.05, 0.1) is 6.61 Å². The lowest BCUT2D eigenvalue weighted by molar-refractivity contribution is 0.0759. The van der Waals surface area contributed by atoms with Crippen LogP contribution < -0.4 is 10.1 Å². The van der Waals surface area contributed by atoms with Crippen LogP contribution in [-0.2, 0) is 0 Å². The smallest absolute Gasteiger partial charge is 0.267 e. The average Bonchev–Trinajstić information content (AvgIpc) is 3.25. The van der Waals surface area contributed by atoms with Gasteiger partial charge in [-0.2, -0.15) is 0 Å². The minimum absolute atomic E-state index is 0. The first-order valence-electron chi connectivity index (χ1n) is 9.58. The number of hydrogen-bond donors (Lipinski definition) is 1. The van der Waals surface area contributed by atoms with Crippen LogP contribution in [0, 0.1) is 11.8 Å². The number of rotatable bonds is 4. The summed E-state index contributed by atoms with van der Waals surface area (Å²) in [6, 6.07) is 12.2. The summed E-state index contributed by atoms with van der Waals surface area (Å²) in [4.78, 5) is 17.1. The first-order chi connectivity index (χ1) is 12.8. The number of likely N-dealkylation sites (tertiary alicyclic amines) is 1. The molecule has 1 amide bonds. The van der Waals surface area contributed by atoms with Crippen molar-refractivity contribution in [3.63, 3.8) is 0 Å². The highest BCUT2D eigenvalue weighted by Crippen LogP contribution is 2.38. The molecular formula is C21H27ClN2O2S. The molecule has 2 aliphatic heterocycles. The van der Waals surface area contributed by atoms with Crippen molar-refractivity contribution in [3.8, 4) is 16.2 Å². The van der Waals surface area contributed by atoms with Crippen molar-refractivity contribution in [2.45, 2.75) is 19.8 Å². The first-order valence-corrected chi connectivity index (χ1v) is 10.4. The molecule has 0 radical (unpaired) electrons. The summed E-state index contributed by atoms with van der Waals surface area (Å²) in [6.45, 7) is 6.45. The Morgan fingerprint density at radius 3 is 2.48 bits per heavy atom. The summed E-state index contributed by atoms with van der Waals surface area (Å²) in [7, 11) is 0. The van der Waals surface area contributed by atoms with Crippen molar-refractivity contribution in [3.05, 3.63) is 41.3 Å². The Morgan fingerprint density at radius 2 is 1.85 bits per heavy atom. The number of fused-ring (bicyclic) bond motifs is 1. The highest BCUT2D eigenvalue weighted by Gasteiger charge is 2.33. The predicted octanol–water partition coefficient (Wildman–Crippen LogP) is 4.31. The second-order valence-electron chi connectivity index (χ2n) is 7.15. The molecule has 0 unspecified atom stereocenters. The second-order valence-corrected chi connectivity index (χ2v) is 8.20. The number of thiophene rings is 1. The normalized spacial score (nSPS) is 21.9. The van der Waals surface area contributed by atoms with Crippen molar-refractivity contribution in [1.82, 2.24) is 10.2 Å². The van der Waals surface area contributed by atoms with Gasteiger partial charge < -0.3 is 15.0 Å². The van der Waals surface area contributed by atoms with E-state index in [4.69, 9.17) is 4.74 Å². The molecule has 1 N–H and O–H groups in total. The molecule has 1 aromatic heterocycles. The van der Waals surface area contributed by atoms with Crippen LogP contribution in [0.3, 0.4) is 0 Å². The van der Waals surface area contributed by atoms with E-state index in [0.717, 1.165) is 71.9 Å². The second kappa shape index (κ2) is 9.09. The molecule has 2 aliphatic rings. The van der Waals surface area contributed by atoms with Gasteiger partial charge in [0, 0.05) is 18.0 Å². The molecule has 0 bridgehead atoms. The van der Waals surface area contributed by atoms with Crippen molar-refractivity contribution in [1.29, 1.82) is 0 Å². The molecule has 2 saturated heterocycles. The molecule has 146 valence electrons. The lowest BCUT2D eigenvalue weighted by Crippen LogP contribution is -2.32. The molecule has 27 heavy (non-hydrogen) atoms. The van der Waals surface area contributed by atoms with E-state index < -0.39 is 0 Å². The Bertz CT molecular complexity index is 751. The standard InChI is InChI=1S/C21H26N2O2S.ClH/c1-2-25-18-12-19(15-6-4-3-5-7-15)26-20(18)21(24)23-10-8-16-13-22-14-17(16)9-11-23;/h3-7,12,16-17,22H,2,8-11,13-14H2,1H3;1H/t16-,17+;. The zero-order valence-electron chi connectivity index (χ0n) is 15.6. The van der Waals surface area contributed by atoms with Gasteiger partial charge in [-0.3, -0.25) is 4.79 Å². The van der Waals surface area contributed by atoms with Crippen LogP contribution >= 0.6 is 23.7 Å². The monoisotopic (exact) mass is 406 g/mol. The van der Waals surface area contributed by atoms with Crippen LogP contribution in [0.1, 0.15) is 29.4 Å². The van der Waals surface area contributed by atoms with E-state index in [1.807, 2.05) is 36.1 Å². The summed E-state index contributed by atoms with van der Waals surface area (Å²) in [5, 5.41) is 3.49. The number of nitrogens with one attached hydrogen (secondary N) is 1. The average molecular weight is 407 g/mol. The molecule has 4 rings (SSSR count). The van der Waals surface area contributed by atoms with E-state index >= 15 is 0 Å². The molecule has 2 fully saturated rings. The number of carbonyl (C=O) groups is 1. The summed E-state index contributed by atoms with van der Waals surface area (Å²) in [5.41, 5.74) is 1.13. The number of amides is 1. The van der Waals surface area contributed by atoms with Crippen LogP contribution in [0.5, 0.6) is 5.75 Å². The summed E-state index contributed by atoms with van der Waals surface area (Å²) in [6.07, 6.45) is 2.20. The maximum absolute atomic E-state index is 13.3. The van der Waals surface area contributed by atoms with E-state index in [2.05, 4.69) is 17.4 Å². The molecule has 0 saturated carbocycles. The highest BCUT2D eigenvalue weighted by atomic mass is 35.5. The molecular weight excluding hydrogens is 380 g/mol. The zero-order valence-corrected chi connectivity index (χ0v) is 17.3. The minimum Gasteiger partial charge on any atom is -0.492 e. The maximum Gasteiger partial charge on any atom is 0.267 e. The Kier molecular flexibility index (Phi) is 6.79. The van der Waals surface area contributed by atoms with E-state index in [0.29, 0.717) is 6.61 Å². The number of halogens is 1. The first kappa shape index (κ1) is 20.2. The third kappa shape index (κ3) is 4.31. The molecule has 0 spiro atoms. The van der Waals surface area contributed by atoms with Gasteiger partial charge in [0.1, 0.15) is 10.6 Å². The van der Waals surface area contributed by atoms with Gasteiger partial charge >= 0.3 is 0 Å². The molecule has 1 aromatic carbocycles. The Balaban J connectivity index is 0.00000210. The summed E-state index contributed by atoms with van der Waals surface area (Å²) in [5.74, 6) is 2.31. The van der Waals surface area contributed by atoms with E-state index in [9.17, 15) is 4.79 Å². The molecule has 6 heteroatoms.